The highest BCUT2D eigenvalue weighted by Gasteiger charge is 2.10. The number of aromatic nitrogens is 2. The van der Waals surface area contributed by atoms with E-state index in [1.165, 1.54) is 0 Å². The van der Waals surface area contributed by atoms with Crippen molar-refractivity contribution in [1.82, 2.24) is 9.38 Å². The zero-order chi connectivity index (χ0) is 17.9. The molecule has 4 rings (SSSR count). The van der Waals surface area contributed by atoms with Gasteiger partial charge in [-0.2, -0.15) is 0 Å². The van der Waals surface area contributed by atoms with Crippen molar-refractivity contribution in [1.29, 1.82) is 0 Å². The van der Waals surface area contributed by atoms with E-state index < -0.39 is 0 Å². The second-order valence-electron chi connectivity index (χ2n) is 5.88. The van der Waals surface area contributed by atoms with Crippen LogP contribution in [0.1, 0.15) is 15.9 Å². The molecule has 0 amide bonds. The van der Waals surface area contributed by atoms with Gasteiger partial charge >= 0.3 is 0 Å². The number of hydrogen-bond donors (Lipinski definition) is 0. The molecule has 2 heterocycles. The van der Waals surface area contributed by atoms with Crippen molar-refractivity contribution in [2.45, 2.75) is 0 Å². The van der Waals surface area contributed by atoms with E-state index >= 15 is 0 Å². The lowest BCUT2D eigenvalue weighted by atomic mass is 10.1. The summed E-state index contributed by atoms with van der Waals surface area (Å²) in [4.78, 5) is 17.2. The minimum Gasteiger partial charge on any atom is -0.320 e. The van der Waals surface area contributed by atoms with Gasteiger partial charge in [0.05, 0.1) is 17.4 Å². The minimum atomic E-state index is -0.0265. The number of fused-ring (bicyclic) bond motifs is 1. The summed E-state index contributed by atoms with van der Waals surface area (Å²) in [6, 6.07) is 19.8. The number of carbonyl (C=O) groups is 1. The molecule has 0 spiro atoms. The van der Waals surface area contributed by atoms with Crippen LogP contribution in [-0.4, -0.2) is 15.2 Å². The van der Waals surface area contributed by atoms with Crippen molar-refractivity contribution in [3.63, 3.8) is 0 Å². The summed E-state index contributed by atoms with van der Waals surface area (Å²) in [5.41, 5.74) is 4.42. The molecule has 0 unspecified atom stereocenters. The van der Waals surface area contributed by atoms with Crippen molar-refractivity contribution < 1.29 is 4.79 Å². The average Bonchev–Trinajstić information content (AvgIpc) is 3.11. The van der Waals surface area contributed by atoms with Gasteiger partial charge in [0.1, 0.15) is 0 Å². The van der Waals surface area contributed by atoms with Gasteiger partial charge in [0.2, 0.25) is 0 Å². The Balaban J connectivity index is 1.65. The van der Waals surface area contributed by atoms with Gasteiger partial charge in [-0.05, 0) is 46.4 Å². The Morgan fingerprint density at radius 2 is 1.77 bits per heavy atom. The third-order valence-corrected chi connectivity index (χ3v) is 5.18. The SMILES string of the molecule is O=C(/C=C/c1ccccc1I)c1ccn2cc(-c3ccccc3)ncc12. The Kier molecular flexibility index (Phi) is 4.67. The topological polar surface area (TPSA) is 34.4 Å². The molecule has 2 aromatic heterocycles. The first-order valence-corrected chi connectivity index (χ1v) is 9.29. The van der Waals surface area contributed by atoms with E-state index in [1.54, 1.807) is 12.3 Å². The van der Waals surface area contributed by atoms with Crippen molar-refractivity contribution in [3.8, 4) is 11.3 Å². The monoisotopic (exact) mass is 450 g/mol. The summed E-state index contributed by atoms with van der Waals surface area (Å²) >= 11 is 2.27. The largest absolute Gasteiger partial charge is 0.320 e. The van der Waals surface area contributed by atoms with Crippen molar-refractivity contribution in [3.05, 3.63) is 100 Å². The van der Waals surface area contributed by atoms with Crippen LogP contribution in [-0.2, 0) is 0 Å². The van der Waals surface area contributed by atoms with E-state index in [-0.39, 0.29) is 5.78 Å². The molecule has 126 valence electrons. The lowest BCUT2D eigenvalue weighted by molar-refractivity contribution is 0.104. The molecular weight excluding hydrogens is 435 g/mol. The number of rotatable bonds is 4. The van der Waals surface area contributed by atoms with Crippen LogP contribution in [0.5, 0.6) is 0 Å². The maximum atomic E-state index is 12.6. The zero-order valence-corrected chi connectivity index (χ0v) is 16.0. The Morgan fingerprint density at radius 3 is 2.58 bits per heavy atom. The van der Waals surface area contributed by atoms with E-state index in [0.717, 1.165) is 25.9 Å². The van der Waals surface area contributed by atoms with Crippen LogP contribution in [0.2, 0.25) is 0 Å². The molecule has 0 aliphatic rings. The molecule has 0 aliphatic heterocycles. The maximum absolute atomic E-state index is 12.6. The number of benzene rings is 2. The maximum Gasteiger partial charge on any atom is 0.188 e. The highest BCUT2D eigenvalue weighted by molar-refractivity contribution is 14.1. The normalized spacial score (nSPS) is 11.3. The van der Waals surface area contributed by atoms with Gasteiger partial charge in [0.25, 0.3) is 0 Å². The highest BCUT2D eigenvalue weighted by Crippen LogP contribution is 2.20. The third-order valence-electron chi connectivity index (χ3n) is 4.20. The smallest absolute Gasteiger partial charge is 0.188 e. The lowest BCUT2D eigenvalue weighted by Crippen LogP contribution is -1.96. The third kappa shape index (κ3) is 3.32. The van der Waals surface area contributed by atoms with Gasteiger partial charge in [-0.25, -0.2) is 0 Å². The molecule has 4 aromatic rings. The van der Waals surface area contributed by atoms with Crippen LogP contribution in [0.15, 0.2) is 85.3 Å². The van der Waals surface area contributed by atoms with E-state index in [2.05, 4.69) is 27.6 Å². The number of hydrogen-bond acceptors (Lipinski definition) is 2. The van der Waals surface area contributed by atoms with Crippen LogP contribution in [0, 0.1) is 3.57 Å². The van der Waals surface area contributed by atoms with Gasteiger partial charge < -0.3 is 4.40 Å². The molecule has 0 atom stereocenters. The molecule has 0 aliphatic carbocycles. The molecule has 0 radical (unpaired) electrons. The summed E-state index contributed by atoms with van der Waals surface area (Å²) in [7, 11) is 0. The van der Waals surface area contributed by atoms with Gasteiger partial charge in [0, 0.05) is 27.1 Å². The first-order valence-electron chi connectivity index (χ1n) is 8.21. The van der Waals surface area contributed by atoms with E-state index in [4.69, 9.17) is 0 Å². The van der Waals surface area contributed by atoms with E-state index in [1.807, 2.05) is 83.5 Å². The zero-order valence-electron chi connectivity index (χ0n) is 13.8. The molecule has 0 N–H and O–H groups in total. The predicted octanol–water partition coefficient (Wildman–Crippen LogP) is 5.50. The van der Waals surface area contributed by atoms with Gasteiger partial charge in [-0.15, -0.1) is 0 Å². The van der Waals surface area contributed by atoms with Gasteiger partial charge in [-0.1, -0.05) is 54.6 Å². The summed E-state index contributed by atoms with van der Waals surface area (Å²) in [5, 5.41) is 0. The Labute approximate surface area is 165 Å². The fraction of sp³-hybridized carbons (Fsp3) is 0. The Bertz CT molecular complexity index is 1110. The standard InChI is InChI=1S/C22H15IN2O/c23-19-9-5-4-6-16(19)10-11-22(26)18-12-13-25-15-20(24-14-21(18)25)17-7-2-1-3-8-17/h1-15H/b11-10+. The Morgan fingerprint density at radius 1 is 1.00 bits per heavy atom. The fourth-order valence-corrected chi connectivity index (χ4v) is 3.40. The number of allylic oxidation sites excluding steroid dienone is 1. The lowest BCUT2D eigenvalue weighted by Gasteiger charge is -2.03. The minimum absolute atomic E-state index is 0.0265. The van der Waals surface area contributed by atoms with Crippen molar-refractivity contribution in [2.75, 3.05) is 0 Å². The first-order chi connectivity index (χ1) is 12.7. The molecule has 0 fully saturated rings. The quantitative estimate of drug-likeness (QED) is 0.234. The molecular formula is C22H15IN2O. The second-order valence-corrected chi connectivity index (χ2v) is 7.04. The molecule has 0 saturated carbocycles. The van der Waals surface area contributed by atoms with Gasteiger partial charge in [-0.3, -0.25) is 9.78 Å². The fourth-order valence-electron chi connectivity index (χ4n) is 2.84. The average molecular weight is 450 g/mol. The predicted molar refractivity (Wildman–Crippen MR) is 113 cm³/mol. The van der Waals surface area contributed by atoms with Gasteiger partial charge in [0.15, 0.2) is 5.78 Å². The number of nitrogens with zero attached hydrogens (tertiary/aromatic N) is 2. The molecule has 2 aromatic carbocycles. The van der Waals surface area contributed by atoms with Crippen LogP contribution in [0.3, 0.4) is 0 Å². The van der Waals surface area contributed by atoms with Crippen LogP contribution in [0.25, 0.3) is 22.9 Å². The number of ketones is 1. The summed E-state index contributed by atoms with van der Waals surface area (Å²) < 4.78 is 3.06. The van der Waals surface area contributed by atoms with E-state index in [0.29, 0.717) is 5.56 Å². The summed E-state index contributed by atoms with van der Waals surface area (Å²) in [5.74, 6) is -0.0265. The number of halogens is 1. The molecule has 26 heavy (non-hydrogen) atoms. The Hall–Kier alpha value is -2.73. The van der Waals surface area contributed by atoms with Crippen LogP contribution < -0.4 is 0 Å². The molecule has 0 saturated heterocycles. The summed E-state index contributed by atoms with van der Waals surface area (Å²) in [6.45, 7) is 0. The van der Waals surface area contributed by atoms with Crippen LogP contribution >= 0.6 is 22.6 Å². The molecule has 3 nitrogen and oxygen atoms in total. The van der Waals surface area contributed by atoms with Crippen molar-refractivity contribution >= 4 is 40.0 Å². The van der Waals surface area contributed by atoms with Crippen LogP contribution in [0.4, 0.5) is 0 Å². The molecule has 0 bridgehead atoms. The second kappa shape index (κ2) is 7.25. The molecule has 4 heteroatoms. The van der Waals surface area contributed by atoms with E-state index in [9.17, 15) is 4.79 Å². The highest BCUT2D eigenvalue weighted by atomic mass is 127. The summed E-state index contributed by atoms with van der Waals surface area (Å²) in [6.07, 6.45) is 9.09. The first kappa shape index (κ1) is 16.7. The van der Waals surface area contributed by atoms with Crippen molar-refractivity contribution in [2.24, 2.45) is 0 Å². The number of carbonyl (C=O) groups excluding carboxylic acids is 1.